The highest BCUT2D eigenvalue weighted by molar-refractivity contribution is 7.99. The molecule has 0 spiro atoms. The van der Waals surface area contributed by atoms with Crippen molar-refractivity contribution in [2.45, 2.75) is 9.92 Å². The van der Waals surface area contributed by atoms with E-state index in [1.54, 1.807) is 24.3 Å². The van der Waals surface area contributed by atoms with Crippen LogP contribution >= 0.6 is 11.8 Å². The monoisotopic (exact) mass is 272 g/mol. The molecule has 0 bridgehead atoms. The van der Waals surface area contributed by atoms with Crippen molar-refractivity contribution in [3.63, 3.8) is 0 Å². The Morgan fingerprint density at radius 2 is 2.05 bits per heavy atom. The van der Waals surface area contributed by atoms with Gasteiger partial charge in [-0.2, -0.15) is 0 Å². The van der Waals surface area contributed by atoms with Gasteiger partial charge in [0.2, 0.25) is 0 Å². The highest BCUT2D eigenvalue weighted by Gasteiger charge is 2.13. The number of hydrogen-bond donors (Lipinski definition) is 2. The van der Waals surface area contributed by atoms with E-state index in [2.05, 4.69) is 19.9 Å². The minimum absolute atomic E-state index is 0.249. The van der Waals surface area contributed by atoms with E-state index in [1.807, 2.05) is 0 Å². The Kier molecular flexibility index (Phi) is 2.88. The Bertz CT molecular complexity index is 756. The number of carboxylic acids is 1. The van der Waals surface area contributed by atoms with Gasteiger partial charge >= 0.3 is 5.97 Å². The Balaban J connectivity index is 2.06. The fourth-order valence-electron chi connectivity index (χ4n) is 1.66. The van der Waals surface area contributed by atoms with E-state index in [0.717, 1.165) is 0 Å². The van der Waals surface area contributed by atoms with Crippen LogP contribution in [0.15, 0.2) is 46.8 Å². The molecular formula is C12H8N4O2S. The first-order valence-electron chi connectivity index (χ1n) is 5.40. The number of carboxylic acid groups (broad SMARTS) is 1. The van der Waals surface area contributed by atoms with Gasteiger partial charge in [0.05, 0.1) is 11.9 Å². The molecule has 0 aliphatic carbocycles. The Morgan fingerprint density at radius 3 is 2.89 bits per heavy atom. The first-order valence-corrected chi connectivity index (χ1v) is 6.21. The van der Waals surface area contributed by atoms with Gasteiger partial charge in [-0.25, -0.2) is 19.7 Å². The number of H-pyrrole nitrogens is 1. The highest BCUT2D eigenvalue weighted by atomic mass is 32.2. The number of benzene rings is 1. The molecular weight excluding hydrogens is 264 g/mol. The molecule has 0 aliphatic rings. The second kappa shape index (κ2) is 4.69. The molecule has 0 radical (unpaired) electrons. The van der Waals surface area contributed by atoms with Crippen LogP contribution in [0.3, 0.4) is 0 Å². The zero-order valence-corrected chi connectivity index (χ0v) is 10.4. The summed E-state index contributed by atoms with van der Waals surface area (Å²) in [6.07, 6.45) is 2.95. The van der Waals surface area contributed by atoms with Crippen LogP contribution in [0.5, 0.6) is 0 Å². The number of hydrogen-bond acceptors (Lipinski definition) is 5. The lowest BCUT2D eigenvalue weighted by molar-refractivity contribution is 0.0693. The molecule has 0 amide bonds. The maximum Gasteiger partial charge on any atom is 0.336 e. The standard InChI is InChI=1S/C12H8N4O2S/c17-12(18)7-3-1-2-4-8(7)19-11-9-10(14-5-13-9)15-6-16-11/h1-6H,(H,17,18)(H,13,14,15,16). The maximum absolute atomic E-state index is 11.2. The van der Waals surface area contributed by atoms with Crippen LogP contribution in [0.1, 0.15) is 10.4 Å². The van der Waals surface area contributed by atoms with Crippen molar-refractivity contribution in [2.75, 3.05) is 0 Å². The summed E-state index contributed by atoms with van der Waals surface area (Å²) in [7, 11) is 0. The maximum atomic E-state index is 11.2. The third-order valence-electron chi connectivity index (χ3n) is 2.51. The van der Waals surface area contributed by atoms with Crippen molar-refractivity contribution < 1.29 is 9.90 Å². The lowest BCUT2D eigenvalue weighted by Crippen LogP contribution is -1.98. The molecule has 94 valence electrons. The fraction of sp³-hybridized carbons (Fsp3) is 0. The second-order valence-corrected chi connectivity index (χ2v) is 4.71. The van der Waals surface area contributed by atoms with Gasteiger partial charge in [0.15, 0.2) is 5.65 Å². The van der Waals surface area contributed by atoms with Crippen molar-refractivity contribution >= 4 is 28.9 Å². The number of aromatic amines is 1. The molecule has 2 heterocycles. The van der Waals surface area contributed by atoms with Gasteiger partial charge in [-0.3, -0.25) is 0 Å². The fourth-order valence-corrected chi connectivity index (χ4v) is 2.63. The van der Waals surface area contributed by atoms with Crippen LogP contribution in [0, 0.1) is 0 Å². The van der Waals surface area contributed by atoms with Crippen LogP contribution in [0.4, 0.5) is 0 Å². The van der Waals surface area contributed by atoms with E-state index in [1.165, 1.54) is 24.4 Å². The molecule has 3 aromatic rings. The topological polar surface area (TPSA) is 91.8 Å². The molecule has 19 heavy (non-hydrogen) atoms. The third-order valence-corrected chi connectivity index (χ3v) is 3.59. The highest BCUT2D eigenvalue weighted by Crippen LogP contribution is 2.31. The van der Waals surface area contributed by atoms with Gasteiger partial charge < -0.3 is 10.1 Å². The molecule has 0 saturated heterocycles. The number of fused-ring (bicyclic) bond motifs is 1. The van der Waals surface area contributed by atoms with Gasteiger partial charge in [-0.15, -0.1) is 0 Å². The van der Waals surface area contributed by atoms with E-state index in [0.29, 0.717) is 21.1 Å². The molecule has 3 rings (SSSR count). The zero-order valence-electron chi connectivity index (χ0n) is 9.57. The van der Waals surface area contributed by atoms with Crippen LogP contribution < -0.4 is 0 Å². The number of aromatic carboxylic acids is 1. The molecule has 0 fully saturated rings. The predicted octanol–water partition coefficient (Wildman–Crippen LogP) is 2.20. The summed E-state index contributed by atoms with van der Waals surface area (Å²) >= 11 is 1.27. The van der Waals surface area contributed by atoms with Crippen molar-refractivity contribution in [1.82, 2.24) is 19.9 Å². The average molecular weight is 272 g/mol. The van der Waals surface area contributed by atoms with Crippen molar-refractivity contribution in [3.05, 3.63) is 42.5 Å². The minimum atomic E-state index is -0.960. The Labute approximate surface area is 111 Å². The molecule has 0 aliphatic heterocycles. The first kappa shape index (κ1) is 11.7. The zero-order chi connectivity index (χ0) is 13.2. The van der Waals surface area contributed by atoms with Gasteiger partial charge in [-0.1, -0.05) is 23.9 Å². The number of carbonyl (C=O) groups is 1. The molecule has 7 heteroatoms. The molecule has 2 aromatic heterocycles. The lowest BCUT2D eigenvalue weighted by atomic mass is 10.2. The molecule has 2 N–H and O–H groups in total. The van der Waals surface area contributed by atoms with Crippen molar-refractivity contribution in [3.8, 4) is 0 Å². The van der Waals surface area contributed by atoms with E-state index >= 15 is 0 Å². The van der Waals surface area contributed by atoms with E-state index in [4.69, 9.17) is 5.11 Å². The SMILES string of the molecule is O=C(O)c1ccccc1Sc1ncnc2nc[nH]c12. The average Bonchev–Trinajstić information content (AvgIpc) is 2.88. The van der Waals surface area contributed by atoms with Crippen LogP contribution in [-0.2, 0) is 0 Å². The van der Waals surface area contributed by atoms with Crippen molar-refractivity contribution in [1.29, 1.82) is 0 Å². The normalized spacial score (nSPS) is 10.7. The smallest absolute Gasteiger partial charge is 0.336 e. The summed E-state index contributed by atoms with van der Waals surface area (Å²) in [5, 5.41) is 9.80. The van der Waals surface area contributed by atoms with E-state index < -0.39 is 5.97 Å². The van der Waals surface area contributed by atoms with E-state index in [-0.39, 0.29) is 5.56 Å². The molecule has 6 nitrogen and oxygen atoms in total. The summed E-state index contributed by atoms with van der Waals surface area (Å²) in [6.45, 7) is 0. The number of nitrogens with one attached hydrogen (secondary N) is 1. The molecule has 1 aromatic carbocycles. The summed E-state index contributed by atoms with van der Waals surface area (Å²) in [5.41, 5.74) is 1.51. The van der Waals surface area contributed by atoms with Crippen LogP contribution in [0.25, 0.3) is 11.2 Å². The van der Waals surface area contributed by atoms with Gasteiger partial charge in [-0.05, 0) is 12.1 Å². The summed E-state index contributed by atoms with van der Waals surface area (Å²) < 4.78 is 0. The minimum Gasteiger partial charge on any atom is -0.478 e. The Hall–Kier alpha value is -2.41. The van der Waals surface area contributed by atoms with Crippen molar-refractivity contribution in [2.24, 2.45) is 0 Å². The number of nitrogens with zero attached hydrogens (tertiary/aromatic N) is 3. The number of imidazole rings is 1. The quantitative estimate of drug-likeness (QED) is 0.710. The molecule has 0 saturated carbocycles. The lowest BCUT2D eigenvalue weighted by Gasteiger charge is -2.04. The van der Waals surface area contributed by atoms with E-state index in [9.17, 15) is 4.79 Å². The largest absolute Gasteiger partial charge is 0.478 e. The Morgan fingerprint density at radius 1 is 1.21 bits per heavy atom. The van der Waals surface area contributed by atoms with Gasteiger partial charge in [0.25, 0.3) is 0 Å². The number of rotatable bonds is 3. The first-order chi connectivity index (χ1) is 9.25. The molecule has 0 unspecified atom stereocenters. The third kappa shape index (κ3) is 2.15. The summed E-state index contributed by atoms with van der Waals surface area (Å²) in [5.74, 6) is -0.960. The van der Waals surface area contributed by atoms with Gasteiger partial charge in [0, 0.05) is 4.90 Å². The number of aromatic nitrogens is 4. The van der Waals surface area contributed by atoms with Crippen LogP contribution in [-0.4, -0.2) is 31.0 Å². The van der Waals surface area contributed by atoms with Crippen LogP contribution in [0.2, 0.25) is 0 Å². The van der Waals surface area contributed by atoms with Gasteiger partial charge in [0.1, 0.15) is 16.9 Å². The molecule has 0 atom stereocenters. The predicted molar refractivity (Wildman–Crippen MR) is 69.2 cm³/mol. The second-order valence-electron chi connectivity index (χ2n) is 3.68. The summed E-state index contributed by atoms with van der Waals surface area (Å²) in [6, 6.07) is 6.80. The summed E-state index contributed by atoms with van der Waals surface area (Å²) in [4.78, 5) is 27.0.